The first-order valence-corrected chi connectivity index (χ1v) is 3.13. The summed E-state index contributed by atoms with van der Waals surface area (Å²) < 4.78 is 0. The minimum atomic E-state index is 0.621. The Bertz CT molecular complexity index is 299. The van der Waals surface area contributed by atoms with Crippen molar-refractivity contribution in [1.29, 1.82) is 0 Å². The van der Waals surface area contributed by atoms with Gasteiger partial charge in [-0.05, 0) is 18.2 Å². The van der Waals surface area contributed by atoms with Crippen LogP contribution in [0.4, 0.5) is 5.69 Å². The zero-order valence-electron chi connectivity index (χ0n) is 5.87. The molecule has 0 radical (unpaired) electrons. The lowest BCUT2D eigenvalue weighted by Gasteiger charge is -1.96. The van der Waals surface area contributed by atoms with Crippen molar-refractivity contribution in [2.75, 3.05) is 5.32 Å². The number of hydrogen-bond acceptors (Lipinski definition) is 1. The lowest BCUT2D eigenvalue weighted by Crippen LogP contribution is -1.92. The van der Waals surface area contributed by atoms with Crippen molar-refractivity contribution in [3.63, 3.8) is 0 Å². The van der Waals surface area contributed by atoms with Gasteiger partial charge in [-0.1, -0.05) is 12.0 Å². The molecule has 0 fully saturated rings. The Hall–Kier alpha value is -1.75. The van der Waals surface area contributed by atoms with Crippen molar-refractivity contribution in [3.05, 3.63) is 29.8 Å². The molecule has 0 aliphatic carbocycles. The van der Waals surface area contributed by atoms with Gasteiger partial charge in [0.05, 0.1) is 0 Å². The Morgan fingerprint density at radius 2 is 2.36 bits per heavy atom. The number of terminal acetylenes is 1. The molecule has 2 nitrogen and oxygen atoms in total. The van der Waals surface area contributed by atoms with E-state index >= 15 is 0 Å². The van der Waals surface area contributed by atoms with E-state index < -0.39 is 0 Å². The van der Waals surface area contributed by atoms with Crippen LogP contribution in [0.25, 0.3) is 0 Å². The van der Waals surface area contributed by atoms with Crippen molar-refractivity contribution in [2.45, 2.75) is 0 Å². The largest absolute Gasteiger partial charge is 0.329 e. The van der Waals surface area contributed by atoms with Crippen LogP contribution in [0.1, 0.15) is 5.56 Å². The van der Waals surface area contributed by atoms with Crippen LogP contribution in [0, 0.1) is 12.3 Å². The van der Waals surface area contributed by atoms with E-state index in [1.807, 2.05) is 0 Å². The number of benzene rings is 1. The highest BCUT2D eigenvalue weighted by molar-refractivity contribution is 5.71. The van der Waals surface area contributed by atoms with Gasteiger partial charge < -0.3 is 5.32 Å². The first-order valence-electron chi connectivity index (χ1n) is 3.13. The van der Waals surface area contributed by atoms with Gasteiger partial charge in [-0.3, -0.25) is 4.79 Å². The highest BCUT2D eigenvalue weighted by Crippen LogP contribution is 2.07. The molecule has 0 saturated heterocycles. The van der Waals surface area contributed by atoms with E-state index in [0.717, 1.165) is 11.3 Å². The van der Waals surface area contributed by atoms with E-state index in [2.05, 4.69) is 11.2 Å². The molecule has 54 valence electrons. The van der Waals surface area contributed by atoms with Gasteiger partial charge in [0.2, 0.25) is 6.41 Å². The van der Waals surface area contributed by atoms with E-state index in [9.17, 15) is 4.79 Å². The maximum absolute atomic E-state index is 10.0. The molecule has 0 unspecified atom stereocenters. The molecule has 2 heteroatoms. The summed E-state index contributed by atoms with van der Waals surface area (Å²) in [6.45, 7) is 0. The number of carbonyl (C=O) groups excluding carboxylic acids is 1. The van der Waals surface area contributed by atoms with Crippen LogP contribution in [0.5, 0.6) is 0 Å². The van der Waals surface area contributed by atoms with Crippen LogP contribution in [-0.4, -0.2) is 6.41 Å². The van der Waals surface area contributed by atoms with Gasteiger partial charge in [-0.2, -0.15) is 0 Å². The fourth-order valence-corrected chi connectivity index (χ4v) is 0.767. The molecule has 0 bridgehead atoms. The molecule has 0 saturated carbocycles. The molecule has 0 spiro atoms. The monoisotopic (exact) mass is 145 g/mol. The second-order valence-corrected chi connectivity index (χ2v) is 1.99. The average Bonchev–Trinajstić information content (AvgIpc) is 2.06. The molecule has 0 heterocycles. The number of amides is 1. The SMILES string of the molecule is C#Cc1cccc(NC=O)c1. The maximum atomic E-state index is 10.0. The Balaban J connectivity index is 2.93. The van der Waals surface area contributed by atoms with Gasteiger partial charge in [0.15, 0.2) is 0 Å². The number of carbonyl (C=O) groups is 1. The summed E-state index contributed by atoms with van der Waals surface area (Å²) in [6.07, 6.45) is 5.77. The standard InChI is InChI=1S/C9H7NO/c1-2-8-4-3-5-9(6-8)10-7-11/h1,3-7H,(H,10,11). The molecule has 1 amide bonds. The predicted octanol–water partition coefficient (Wildman–Crippen LogP) is 1.24. The fraction of sp³-hybridized carbons (Fsp3) is 0. The van der Waals surface area contributed by atoms with Crippen molar-refractivity contribution in [2.24, 2.45) is 0 Å². The van der Waals surface area contributed by atoms with Gasteiger partial charge in [0, 0.05) is 11.3 Å². The summed E-state index contributed by atoms with van der Waals surface area (Å²) in [5.74, 6) is 2.47. The zero-order chi connectivity index (χ0) is 8.10. The van der Waals surface area contributed by atoms with Crippen LogP contribution in [0.15, 0.2) is 24.3 Å². The summed E-state index contributed by atoms with van der Waals surface area (Å²) in [7, 11) is 0. The minimum absolute atomic E-state index is 0.621. The molecule has 0 aliphatic heterocycles. The van der Waals surface area contributed by atoms with Crippen LogP contribution >= 0.6 is 0 Å². The summed E-state index contributed by atoms with van der Waals surface area (Å²) in [5.41, 5.74) is 1.48. The van der Waals surface area contributed by atoms with E-state index in [1.165, 1.54) is 0 Å². The third kappa shape index (κ3) is 1.84. The Morgan fingerprint density at radius 1 is 1.55 bits per heavy atom. The second kappa shape index (κ2) is 3.43. The van der Waals surface area contributed by atoms with E-state index in [4.69, 9.17) is 6.42 Å². The minimum Gasteiger partial charge on any atom is -0.329 e. The lowest BCUT2D eigenvalue weighted by atomic mass is 10.2. The first kappa shape index (κ1) is 7.36. The van der Waals surface area contributed by atoms with Crippen LogP contribution in [-0.2, 0) is 4.79 Å². The lowest BCUT2D eigenvalue weighted by molar-refractivity contribution is -0.105. The van der Waals surface area contributed by atoms with Crippen LogP contribution < -0.4 is 5.32 Å². The molecule has 0 aliphatic rings. The third-order valence-corrected chi connectivity index (χ3v) is 1.25. The maximum Gasteiger partial charge on any atom is 0.211 e. The van der Waals surface area contributed by atoms with E-state index in [1.54, 1.807) is 24.3 Å². The number of rotatable bonds is 2. The Labute approximate surface area is 65.2 Å². The molecular weight excluding hydrogens is 138 g/mol. The van der Waals surface area contributed by atoms with Crippen molar-refractivity contribution in [1.82, 2.24) is 0 Å². The van der Waals surface area contributed by atoms with Crippen LogP contribution in [0.2, 0.25) is 0 Å². The van der Waals surface area contributed by atoms with Gasteiger partial charge in [0.25, 0.3) is 0 Å². The van der Waals surface area contributed by atoms with Gasteiger partial charge in [-0.25, -0.2) is 0 Å². The average molecular weight is 145 g/mol. The van der Waals surface area contributed by atoms with Crippen LogP contribution in [0.3, 0.4) is 0 Å². The normalized spacial score (nSPS) is 8.27. The molecule has 1 aromatic carbocycles. The van der Waals surface area contributed by atoms with Crippen molar-refractivity contribution in [3.8, 4) is 12.3 Å². The number of anilines is 1. The number of hydrogen-bond donors (Lipinski definition) is 1. The highest BCUT2D eigenvalue weighted by atomic mass is 16.1. The Morgan fingerprint density at radius 3 is 3.00 bits per heavy atom. The summed E-state index contributed by atoms with van der Waals surface area (Å²) >= 11 is 0. The molecule has 1 aromatic rings. The van der Waals surface area contributed by atoms with Crippen molar-refractivity contribution >= 4 is 12.1 Å². The smallest absolute Gasteiger partial charge is 0.211 e. The molecule has 0 aromatic heterocycles. The quantitative estimate of drug-likeness (QED) is 0.492. The molecule has 1 rings (SSSR count). The van der Waals surface area contributed by atoms with Gasteiger partial charge in [0.1, 0.15) is 0 Å². The van der Waals surface area contributed by atoms with E-state index in [0.29, 0.717) is 6.41 Å². The Kier molecular flexibility index (Phi) is 2.29. The number of nitrogens with one attached hydrogen (secondary N) is 1. The van der Waals surface area contributed by atoms with Gasteiger partial charge >= 0.3 is 0 Å². The highest BCUT2D eigenvalue weighted by Gasteiger charge is 1.89. The van der Waals surface area contributed by atoms with E-state index in [-0.39, 0.29) is 0 Å². The first-order chi connectivity index (χ1) is 5.36. The van der Waals surface area contributed by atoms with Gasteiger partial charge in [-0.15, -0.1) is 6.42 Å². The molecular formula is C9H7NO. The van der Waals surface area contributed by atoms with Crippen molar-refractivity contribution < 1.29 is 4.79 Å². The predicted molar refractivity (Wildman–Crippen MR) is 44.1 cm³/mol. The summed E-state index contributed by atoms with van der Waals surface area (Å²) in [5, 5.41) is 2.51. The fourth-order valence-electron chi connectivity index (χ4n) is 0.767. The molecule has 1 N–H and O–H groups in total. The molecule has 0 atom stereocenters. The zero-order valence-corrected chi connectivity index (χ0v) is 5.87. The second-order valence-electron chi connectivity index (χ2n) is 1.99. The summed E-state index contributed by atoms with van der Waals surface area (Å²) in [6, 6.07) is 7.10. The summed E-state index contributed by atoms with van der Waals surface area (Å²) in [4.78, 5) is 10.0. The topological polar surface area (TPSA) is 29.1 Å². The molecule has 11 heavy (non-hydrogen) atoms. The third-order valence-electron chi connectivity index (χ3n) is 1.25.